The molecule has 0 aliphatic heterocycles. The van der Waals surface area contributed by atoms with Crippen LogP contribution in [-0.2, 0) is 0 Å². The van der Waals surface area contributed by atoms with Gasteiger partial charge in [-0.1, -0.05) is 24.8 Å². The summed E-state index contributed by atoms with van der Waals surface area (Å²) in [4.78, 5) is 0. The fourth-order valence-corrected chi connectivity index (χ4v) is 2.17. The van der Waals surface area contributed by atoms with Gasteiger partial charge in [-0.2, -0.15) is 0 Å². The monoisotopic (exact) mass is 268 g/mol. The summed E-state index contributed by atoms with van der Waals surface area (Å²) in [7, 11) is 3.36. The number of ether oxygens (including phenoxy) is 2. The largest absolute Gasteiger partial charge is 0.497 e. The second-order valence-corrected chi connectivity index (χ2v) is 4.83. The Bertz CT molecular complexity index is 625. The highest BCUT2D eigenvalue weighted by molar-refractivity contribution is 5.79. The minimum atomic E-state index is 0.846. The highest BCUT2D eigenvalue weighted by Gasteiger charge is 2.08. The molecule has 0 spiro atoms. The number of rotatable bonds is 4. The summed E-state index contributed by atoms with van der Waals surface area (Å²) < 4.78 is 10.6. The third-order valence-corrected chi connectivity index (χ3v) is 3.63. The van der Waals surface area contributed by atoms with Gasteiger partial charge in [-0.3, -0.25) is 0 Å². The van der Waals surface area contributed by atoms with E-state index in [1.165, 1.54) is 11.1 Å². The van der Waals surface area contributed by atoms with Gasteiger partial charge in [0.25, 0.3) is 0 Å². The molecule has 0 heterocycles. The maximum Gasteiger partial charge on any atom is 0.122 e. The number of benzene rings is 2. The fraction of sp³-hybridized carbons (Fsp3) is 0.222. The summed E-state index contributed by atoms with van der Waals surface area (Å²) in [6.45, 7) is 8.35. The highest BCUT2D eigenvalue weighted by Crippen LogP contribution is 2.30. The van der Waals surface area contributed by atoms with E-state index >= 15 is 0 Å². The minimum Gasteiger partial charge on any atom is -0.497 e. The van der Waals surface area contributed by atoms with Gasteiger partial charge in [-0.05, 0) is 59.9 Å². The summed E-state index contributed by atoms with van der Waals surface area (Å²) in [5.41, 5.74) is 5.51. The molecule has 0 unspecified atom stereocenters. The van der Waals surface area contributed by atoms with E-state index in [1.807, 2.05) is 30.3 Å². The molecular weight excluding hydrogens is 248 g/mol. The Morgan fingerprint density at radius 3 is 2.10 bits per heavy atom. The first kappa shape index (κ1) is 14.2. The molecule has 0 amide bonds. The molecule has 2 rings (SSSR count). The molecule has 2 heteroatoms. The minimum absolute atomic E-state index is 0.846. The van der Waals surface area contributed by atoms with Crippen molar-refractivity contribution < 1.29 is 9.47 Å². The fourth-order valence-electron chi connectivity index (χ4n) is 2.17. The van der Waals surface area contributed by atoms with Gasteiger partial charge in [-0.25, -0.2) is 0 Å². The molecule has 0 radical (unpaired) electrons. The van der Waals surface area contributed by atoms with Crippen LogP contribution in [0.25, 0.3) is 5.57 Å². The second kappa shape index (κ2) is 5.83. The molecule has 0 atom stereocenters. The highest BCUT2D eigenvalue weighted by atomic mass is 16.5. The lowest BCUT2D eigenvalue weighted by Gasteiger charge is -2.13. The Labute approximate surface area is 120 Å². The zero-order valence-corrected chi connectivity index (χ0v) is 12.5. The van der Waals surface area contributed by atoms with Crippen molar-refractivity contribution in [3.63, 3.8) is 0 Å². The van der Waals surface area contributed by atoms with Crippen molar-refractivity contribution in [3.05, 3.63) is 65.2 Å². The lowest BCUT2D eigenvalue weighted by Crippen LogP contribution is -1.94. The third kappa shape index (κ3) is 2.69. The van der Waals surface area contributed by atoms with Gasteiger partial charge >= 0.3 is 0 Å². The van der Waals surface area contributed by atoms with E-state index < -0.39 is 0 Å². The summed E-state index contributed by atoms with van der Waals surface area (Å²) in [6, 6.07) is 12.1. The zero-order valence-electron chi connectivity index (χ0n) is 12.5. The molecule has 0 saturated carbocycles. The maximum absolute atomic E-state index is 5.43. The van der Waals surface area contributed by atoms with Gasteiger partial charge in [0.2, 0.25) is 0 Å². The van der Waals surface area contributed by atoms with Crippen LogP contribution in [0.5, 0.6) is 11.5 Å². The normalized spacial score (nSPS) is 10.2. The molecule has 0 N–H and O–H groups in total. The second-order valence-electron chi connectivity index (χ2n) is 4.83. The van der Waals surface area contributed by atoms with Crippen molar-refractivity contribution in [2.75, 3.05) is 14.2 Å². The standard InChI is InChI=1S/C18H20O2/c1-12-10-16(11-18(20-5)13(12)2)14(3)15-6-8-17(19-4)9-7-15/h6-11H,3H2,1-2,4-5H3. The number of hydrogen-bond donors (Lipinski definition) is 0. The molecule has 0 bridgehead atoms. The zero-order chi connectivity index (χ0) is 14.7. The van der Waals surface area contributed by atoms with E-state index in [-0.39, 0.29) is 0 Å². The molecule has 20 heavy (non-hydrogen) atoms. The van der Waals surface area contributed by atoms with Crippen LogP contribution in [0.2, 0.25) is 0 Å². The van der Waals surface area contributed by atoms with Crippen molar-refractivity contribution in [3.8, 4) is 11.5 Å². The summed E-state index contributed by atoms with van der Waals surface area (Å²) in [6.07, 6.45) is 0. The van der Waals surface area contributed by atoms with E-state index in [4.69, 9.17) is 9.47 Å². The average Bonchev–Trinajstić information content (AvgIpc) is 2.49. The average molecular weight is 268 g/mol. The molecule has 0 saturated heterocycles. The lowest BCUT2D eigenvalue weighted by atomic mass is 9.96. The van der Waals surface area contributed by atoms with Gasteiger partial charge in [0.05, 0.1) is 14.2 Å². The van der Waals surface area contributed by atoms with Gasteiger partial charge in [0.1, 0.15) is 11.5 Å². The van der Waals surface area contributed by atoms with Crippen LogP contribution in [0, 0.1) is 13.8 Å². The molecule has 2 aromatic carbocycles. The topological polar surface area (TPSA) is 18.5 Å². The van der Waals surface area contributed by atoms with Crippen molar-refractivity contribution in [1.29, 1.82) is 0 Å². The van der Waals surface area contributed by atoms with E-state index in [1.54, 1.807) is 14.2 Å². The van der Waals surface area contributed by atoms with Gasteiger partial charge in [-0.15, -0.1) is 0 Å². The van der Waals surface area contributed by atoms with Crippen LogP contribution in [0.1, 0.15) is 22.3 Å². The van der Waals surface area contributed by atoms with Crippen molar-refractivity contribution in [2.45, 2.75) is 13.8 Å². The first-order chi connectivity index (χ1) is 9.56. The van der Waals surface area contributed by atoms with Crippen LogP contribution < -0.4 is 9.47 Å². The van der Waals surface area contributed by atoms with E-state index in [2.05, 4.69) is 26.5 Å². The van der Waals surface area contributed by atoms with Gasteiger partial charge < -0.3 is 9.47 Å². The molecular formula is C18H20O2. The van der Waals surface area contributed by atoms with Gasteiger partial charge in [0.15, 0.2) is 0 Å². The lowest BCUT2D eigenvalue weighted by molar-refractivity contribution is 0.411. The predicted octanol–water partition coefficient (Wildman–Crippen LogP) is 4.38. The van der Waals surface area contributed by atoms with E-state index in [0.717, 1.165) is 28.2 Å². The molecule has 0 aliphatic carbocycles. The number of aryl methyl sites for hydroxylation is 1. The Hall–Kier alpha value is -2.22. The Balaban J connectivity index is 2.39. The Morgan fingerprint density at radius 2 is 1.55 bits per heavy atom. The molecule has 2 aromatic rings. The first-order valence-corrected chi connectivity index (χ1v) is 6.55. The Kier molecular flexibility index (Phi) is 4.14. The number of methoxy groups -OCH3 is 2. The van der Waals surface area contributed by atoms with E-state index in [0.29, 0.717) is 0 Å². The predicted molar refractivity (Wildman–Crippen MR) is 83.6 cm³/mol. The van der Waals surface area contributed by atoms with Crippen LogP contribution in [0.4, 0.5) is 0 Å². The SMILES string of the molecule is C=C(c1ccc(OC)cc1)c1cc(C)c(C)c(OC)c1. The molecule has 0 aromatic heterocycles. The maximum atomic E-state index is 5.43. The van der Waals surface area contributed by atoms with Crippen molar-refractivity contribution in [2.24, 2.45) is 0 Å². The quantitative estimate of drug-likeness (QED) is 0.819. The van der Waals surface area contributed by atoms with Crippen LogP contribution >= 0.6 is 0 Å². The van der Waals surface area contributed by atoms with E-state index in [9.17, 15) is 0 Å². The van der Waals surface area contributed by atoms with Crippen LogP contribution in [0.15, 0.2) is 43.0 Å². The summed E-state index contributed by atoms with van der Waals surface area (Å²) in [5.74, 6) is 1.74. The smallest absolute Gasteiger partial charge is 0.122 e. The van der Waals surface area contributed by atoms with Crippen LogP contribution in [-0.4, -0.2) is 14.2 Å². The molecule has 0 fully saturated rings. The summed E-state index contributed by atoms with van der Waals surface area (Å²) in [5, 5.41) is 0. The van der Waals surface area contributed by atoms with Crippen LogP contribution in [0.3, 0.4) is 0 Å². The molecule has 0 aliphatic rings. The van der Waals surface area contributed by atoms with Gasteiger partial charge in [0, 0.05) is 0 Å². The first-order valence-electron chi connectivity index (χ1n) is 6.55. The van der Waals surface area contributed by atoms with Crippen molar-refractivity contribution >= 4 is 5.57 Å². The molecule has 104 valence electrons. The summed E-state index contributed by atoms with van der Waals surface area (Å²) >= 11 is 0. The number of hydrogen-bond acceptors (Lipinski definition) is 2. The molecule has 2 nitrogen and oxygen atoms in total. The van der Waals surface area contributed by atoms with Crippen molar-refractivity contribution in [1.82, 2.24) is 0 Å². The third-order valence-electron chi connectivity index (χ3n) is 3.63. The Morgan fingerprint density at radius 1 is 0.900 bits per heavy atom.